The van der Waals surface area contributed by atoms with Crippen LogP contribution < -0.4 is 0 Å². The quantitative estimate of drug-likeness (QED) is 0.0507. The summed E-state index contributed by atoms with van der Waals surface area (Å²) in [6.45, 7) is 2.17. The van der Waals surface area contributed by atoms with Crippen LogP contribution in [-0.2, 0) is 42.9 Å². The Hall–Kier alpha value is -4.18. The van der Waals surface area contributed by atoms with Crippen molar-refractivity contribution in [2.45, 2.75) is 25.7 Å². The van der Waals surface area contributed by atoms with Crippen LogP contribution in [0.2, 0.25) is 0 Å². The van der Waals surface area contributed by atoms with Crippen molar-refractivity contribution in [1.82, 2.24) is 0 Å². The van der Waals surface area contributed by atoms with Crippen molar-refractivity contribution in [1.29, 1.82) is 0 Å². The number of hydrogen-bond acceptors (Lipinski definition) is 17. The number of fused-ring (bicyclic) bond motifs is 1. The Morgan fingerprint density at radius 2 is 0.837 bits per heavy atom. The Labute approximate surface area is 281 Å². The lowest BCUT2D eigenvalue weighted by atomic mass is 10.1. The minimum atomic E-state index is -0.870. The lowest BCUT2D eigenvalue weighted by Gasteiger charge is -2.01. The van der Waals surface area contributed by atoms with E-state index < -0.39 is 35.8 Å². The number of aliphatic hydroxyl groups excluding tert-OH is 6. The molecule has 2 heterocycles. The summed E-state index contributed by atoms with van der Waals surface area (Å²) in [5.74, 6) is -4.00. The van der Waals surface area contributed by atoms with E-state index in [0.29, 0.717) is 63.6 Å². The highest BCUT2D eigenvalue weighted by Gasteiger charge is 2.28. The Morgan fingerprint density at radius 1 is 0.510 bits per heavy atom. The van der Waals surface area contributed by atoms with Crippen LogP contribution in [0.4, 0.5) is 0 Å². The van der Waals surface area contributed by atoms with Crippen molar-refractivity contribution in [2.75, 3.05) is 79.3 Å². The second-order valence-electron chi connectivity index (χ2n) is 8.47. The molecule has 19 heteroatoms. The van der Waals surface area contributed by atoms with Crippen LogP contribution in [0.1, 0.15) is 46.4 Å². The minimum absolute atomic E-state index is 0.0278. The van der Waals surface area contributed by atoms with Crippen LogP contribution in [0.25, 0.3) is 0 Å². The third-order valence-corrected chi connectivity index (χ3v) is 4.55. The molecule has 8 N–H and O–H groups in total. The lowest BCUT2D eigenvalue weighted by Crippen LogP contribution is -2.09. The zero-order valence-electron chi connectivity index (χ0n) is 26.8. The average Bonchev–Trinajstić information content (AvgIpc) is 3.61. The fourth-order valence-corrected chi connectivity index (χ4v) is 2.57. The van der Waals surface area contributed by atoms with E-state index in [9.17, 15) is 28.8 Å². The molecule has 0 saturated carbocycles. The molecule has 49 heavy (non-hydrogen) atoms. The van der Waals surface area contributed by atoms with Crippen molar-refractivity contribution in [2.24, 2.45) is 0 Å². The van der Waals surface area contributed by atoms with Crippen molar-refractivity contribution >= 4 is 35.8 Å². The number of benzene rings is 1. The number of rotatable bonds is 17. The summed E-state index contributed by atoms with van der Waals surface area (Å²) in [5, 5.41) is 64.2. The van der Waals surface area contributed by atoms with Gasteiger partial charge in [-0.1, -0.05) is 12.1 Å². The molecular weight excluding hydrogens is 664 g/mol. The van der Waals surface area contributed by atoms with Gasteiger partial charge in [0.25, 0.3) is 0 Å². The summed E-state index contributed by atoms with van der Waals surface area (Å²) in [4.78, 5) is 61.3. The molecule has 0 unspecified atom stereocenters. The highest BCUT2D eigenvalue weighted by atomic mass is 16.6. The first-order valence-electron chi connectivity index (χ1n) is 14.6. The molecule has 0 radical (unpaired) electrons. The second-order valence-corrected chi connectivity index (χ2v) is 8.47. The number of ether oxygens (including phenoxy) is 5. The predicted octanol–water partition coefficient (Wildman–Crippen LogP) is -1.70. The van der Waals surface area contributed by atoms with E-state index in [0.717, 1.165) is 12.2 Å². The van der Waals surface area contributed by atoms with Gasteiger partial charge in [-0.3, -0.25) is 9.59 Å². The van der Waals surface area contributed by atoms with Crippen LogP contribution in [0.15, 0.2) is 36.4 Å². The van der Waals surface area contributed by atoms with Gasteiger partial charge >= 0.3 is 35.8 Å². The molecule has 2 aliphatic rings. The number of carbonyl (C=O) groups excluding carboxylic acids is 4. The molecule has 0 bridgehead atoms. The topological polar surface area (TPSA) is 310 Å². The number of carboxylic acid groups (broad SMARTS) is 2. The minimum Gasteiger partial charge on any atom is -0.481 e. The maximum Gasteiger partial charge on any atom is 0.346 e. The Bertz CT molecular complexity index is 994. The van der Waals surface area contributed by atoms with Gasteiger partial charge in [0.15, 0.2) is 0 Å². The van der Waals surface area contributed by atoms with Gasteiger partial charge in [0, 0.05) is 25.0 Å². The molecule has 280 valence electrons. The molecule has 0 amide bonds. The molecule has 0 aliphatic carbocycles. The van der Waals surface area contributed by atoms with Crippen molar-refractivity contribution in [3.05, 3.63) is 47.5 Å². The van der Waals surface area contributed by atoms with E-state index in [1.807, 2.05) is 0 Å². The maximum atomic E-state index is 10.8. The molecule has 3 rings (SSSR count). The zero-order chi connectivity index (χ0) is 37.7. The largest absolute Gasteiger partial charge is 0.481 e. The van der Waals surface area contributed by atoms with Crippen molar-refractivity contribution in [3.63, 3.8) is 0 Å². The Kier molecular flexibility index (Phi) is 36.8. The van der Waals surface area contributed by atoms with Crippen LogP contribution in [0.3, 0.4) is 0 Å². The number of carbonyl (C=O) groups is 6. The SMILES string of the molecule is O=C(O)CCCCC(=O)O.O=C1C=CC(=O)O1.O=C1OC(=O)c2ccccc21.OCCO.OCCOCCO.OCCOCCOCCO. The number of aliphatic hydroxyl groups is 6. The van der Waals surface area contributed by atoms with Crippen molar-refractivity contribution < 1.29 is 93.3 Å². The molecule has 1 aromatic carbocycles. The fraction of sp³-hybridized carbons (Fsp3) is 0.533. The maximum absolute atomic E-state index is 10.8. The van der Waals surface area contributed by atoms with Crippen molar-refractivity contribution in [3.8, 4) is 0 Å². The summed E-state index contributed by atoms with van der Waals surface area (Å²) < 4.78 is 22.7. The summed E-state index contributed by atoms with van der Waals surface area (Å²) in [6, 6.07) is 6.53. The third-order valence-electron chi connectivity index (χ3n) is 4.55. The predicted molar refractivity (Wildman–Crippen MR) is 165 cm³/mol. The molecule has 0 spiro atoms. The first-order valence-corrected chi connectivity index (χ1v) is 14.6. The van der Waals surface area contributed by atoms with Crippen LogP contribution in [-0.4, -0.2) is 156 Å². The number of aliphatic carboxylic acids is 2. The lowest BCUT2D eigenvalue weighted by molar-refractivity contribution is -0.150. The molecule has 0 atom stereocenters. The first kappa shape index (κ1) is 49.2. The normalized spacial score (nSPS) is 11.7. The summed E-state index contributed by atoms with van der Waals surface area (Å²) in [7, 11) is 0. The molecule has 2 aliphatic heterocycles. The van der Waals surface area contributed by atoms with Gasteiger partial charge in [0.1, 0.15) is 0 Å². The zero-order valence-corrected chi connectivity index (χ0v) is 26.8. The molecule has 1 aromatic rings. The van der Waals surface area contributed by atoms with E-state index in [1.54, 1.807) is 24.3 Å². The molecular formula is C30H46O19. The summed E-state index contributed by atoms with van der Waals surface area (Å²) in [6.07, 6.45) is 3.19. The van der Waals surface area contributed by atoms with Gasteiger partial charge < -0.3 is 64.5 Å². The van der Waals surface area contributed by atoms with E-state index >= 15 is 0 Å². The van der Waals surface area contributed by atoms with Gasteiger partial charge in [-0.05, 0) is 25.0 Å². The van der Waals surface area contributed by atoms with Gasteiger partial charge in [-0.15, -0.1) is 0 Å². The fourth-order valence-electron chi connectivity index (χ4n) is 2.57. The van der Waals surface area contributed by atoms with Gasteiger partial charge in [0.05, 0.1) is 90.4 Å². The van der Waals surface area contributed by atoms with Gasteiger partial charge in [0.2, 0.25) is 0 Å². The van der Waals surface area contributed by atoms with Crippen LogP contribution >= 0.6 is 0 Å². The van der Waals surface area contributed by atoms with Crippen LogP contribution in [0, 0.1) is 0 Å². The standard InChI is InChI=1S/C8H4O3.C6H14O4.C6H10O4.C4H2O3.C4H10O3.C2H6O2/c9-7-5-3-1-2-4-6(5)8(10)11-7;7-1-3-9-5-6-10-4-2-8;7-5(8)3-1-2-4-6(9)10;5-3-1-2-4(6)7-3;5-1-3-7-4-2-6;3-1-2-4/h1-4H;7-8H,1-6H2;1-4H2,(H,7,8)(H,9,10);1-2H;5-6H,1-4H2;3-4H,1-2H2. The Morgan fingerprint density at radius 3 is 1.08 bits per heavy atom. The van der Waals surface area contributed by atoms with E-state index in [2.05, 4.69) is 14.2 Å². The summed E-state index contributed by atoms with van der Waals surface area (Å²) in [5.41, 5.74) is 0.718. The van der Waals surface area contributed by atoms with E-state index in [4.69, 9.17) is 50.3 Å². The first-order chi connectivity index (χ1) is 23.4. The van der Waals surface area contributed by atoms with E-state index in [-0.39, 0.29) is 52.5 Å². The number of esters is 4. The highest BCUT2D eigenvalue weighted by Crippen LogP contribution is 2.18. The smallest absolute Gasteiger partial charge is 0.346 e. The number of cyclic esters (lactones) is 4. The van der Waals surface area contributed by atoms with Gasteiger partial charge in [-0.2, -0.15) is 0 Å². The number of unbranched alkanes of at least 4 members (excludes halogenated alkanes) is 1. The van der Waals surface area contributed by atoms with Crippen LogP contribution in [0.5, 0.6) is 0 Å². The Balaban J connectivity index is -0.000000531. The summed E-state index contributed by atoms with van der Waals surface area (Å²) >= 11 is 0. The molecule has 19 nitrogen and oxygen atoms in total. The number of carboxylic acids is 2. The monoisotopic (exact) mass is 710 g/mol. The molecule has 0 saturated heterocycles. The van der Waals surface area contributed by atoms with Gasteiger partial charge in [-0.25, -0.2) is 19.2 Å². The average molecular weight is 711 g/mol. The third kappa shape index (κ3) is 35.0. The highest BCUT2D eigenvalue weighted by molar-refractivity contribution is 6.14. The number of hydrogen-bond donors (Lipinski definition) is 8. The molecule has 0 fully saturated rings. The second kappa shape index (κ2) is 36.7. The molecule has 0 aromatic heterocycles. The van der Waals surface area contributed by atoms with E-state index in [1.165, 1.54) is 0 Å².